The van der Waals surface area contributed by atoms with Gasteiger partial charge in [0.25, 0.3) is 0 Å². The van der Waals surface area contributed by atoms with Crippen molar-refractivity contribution in [1.82, 2.24) is 9.55 Å². The second-order valence-corrected chi connectivity index (χ2v) is 4.48. The summed E-state index contributed by atoms with van der Waals surface area (Å²) in [5.41, 5.74) is 8.22. The lowest BCUT2D eigenvalue weighted by Gasteiger charge is -2.16. The van der Waals surface area contributed by atoms with Crippen molar-refractivity contribution in [3.8, 4) is 11.5 Å². The molecule has 2 N–H and O–H groups in total. The van der Waals surface area contributed by atoms with E-state index in [1.54, 1.807) is 12.5 Å². The van der Waals surface area contributed by atoms with Gasteiger partial charge in [-0.05, 0) is 31.5 Å². The van der Waals surface area contributed by atoms with Crippen molar-refractivity contribution in [3.63, 3.8) is 0 Å². The summed E-state index contributed by atoms with van der Waals surface area (Å²) in [4.78, 5) is 4.10. The molecular formula is C15H21N3O2. The highest BCUT2D eigenvalue weighted by molar-refractivity contribution is 5.45. The highest BCUT2D eigenvalue weighted by atomic mass is 16.5. The lowest BCUT2D eigenvalue weighted by molar-refractivity contribution is 0.287. The molecule has 0 saturated carbocycles. The minimum atomic E-state index is -0.239. The van der Waals surface area contributed by atoms with Crippen LogP contribution in [0.5, 0.6) is 11.5 Å². The van der Waals surface area contributed by atoms with Crippen LogP contribution in [0.25, 0.3) is 0 Å². The molecule has 1 heterocycles. The van der Waals surface area contributed by atoms with Crippen LogP contribution in [0.1, 0.15) is 31.1 Å². The van der Waals surface area contributed by atoms with Gasteiger partial charge in [0.2, 0.25) is 0 Å². The van der Waals surface area contributed by atoms with Crippen LogP contribution in [-0.4, -0.2) is 22.8 Å². The first-order valence-electron chi connectivity index (χ1n) is 6.78. The zero-order chi connectivity index (χ0) is 14.5. The third-order valence-corrected chi connectivity index (χ3v) is 3.10. The molecule has 1 atom stereocenters. The summed E-state index contributed by atoms with van der Waals surface area (Å²) in [7, 11) is 1.93. The molecule has 0 bridgehead atoms. The number of hydrogen-bond acceptors (Lipinski definition) is 4. The van der Waals surface area contributed by atoms with Gasteiger partial charge in [0.15, 0.2) is 11.5 Å². The second-order valence-electron chi connectivity index (χ2n) is 4.48. The average molecular weight is 275 g/mol. The lowest BCUT2D eigenvalue weighted by atomic mass is 10.0. The van der Waals surface area contributed by atoms with E-state index in [1.165, 1.54) is 0 Å². The Balaban J connectivity index is 2.32. The fourth-order valence-corrected chi connectivity index (χ4v) is 2.10. The van der Waals surface area contributed by atoms with Crippen LogP contribution in [-0.2, 0) is 7.05 Å². The van der Waals surface area contributed by atoms with E-state index in [9.17, 15) is 0 Å². The van der Waals surface area contributed by atoms with E-state index in [4.69, 9.17) is 15.2 Å². The van der Waals surface area contributed by atoms with Gasteiger partial charge in [-0.25, -0.2) is 4.98 Å². The molecule has 0 aliphatic carbocycles. The van der Waals surface area contributed by atoms with Gasteiger partial charge in [-0.1, -0.05) is 6.07 Å². The molecule has 0 saturated heterocycles. The highest BCUT2D eigenvalue weighted by Crippen LogP contribution is 2.31. The van der Waals surface area contributed by atoms with Gasteiger partial charge in [-0.15, -0.1) is 0 Å². The summed E-state index contributed by atoms with van der Waals surface area (Å²) in [6.45, 7) is 5.09. The predicted molar refractivity (Wildman–Crippen MR) is 78.0 cm³/mol. The number of nitrogens with two attached hydrogens (primary N) is 1. The van der Waals surface area contributed by atoms with Crippen molar-refractivity contribution >= 4 is 0 Å². The van der Waals surface area contributed by atoms with Crippen LogP contribution >= 0.6 is 0 Å². The zero-order valence-electron chi connectivity index (χ0n) is 12.2. The number of nitrogens with zero attached hydrogens (tertiary/aromatic N) is 2. The Morgan fingerprint density at radius 1 is 1.20 bits per heavy atom. The Morgan fingerprint density at radius 3 is 2.50 bits per heavy atom. The minimum Gasteiger partial charge on any atom is -0.490 e. The molecule has 0 fully saturated rings. The van der Waals surface area contributed by atoms with E-state index >= 15 is 0 Å². The van der Waals surface area contributed by atoms with E-state index in [0.29, 0.717) is 13.2 Å². The molecule has 108 valence electrons. The molecular weight excluding hydrogens is 254 g/mol. The van der Waals surface area contributed by atoms with E-state index < -0.39 is 0 Å². The molecule has 20 heavy (non-hydrogen) atoms. The van der Waals surface area contributed by atoms with Gasteiger partial charge in [0.05, 0.1) is 37.5 Å². The molecule has 1 unspecified atom stereocenters. The van der Waals surface area contributed by atoms with Crippen molar-refractivity contribution in [2.24, 2.45) is 12.8 Å². The summed E-state index contributed by atoms with van der Waals surface area (Å²) in [6, 6.07) is 5.56. The summed E-state index contributed by atoms with van der Waals surface area (Å²) < 4.78 is 13.1. The van der Waals surface area contributed by atoms with Gasteiger partial charge >= 0.3 is 0 Å². The quantitative estimate of drug-likeness (QED) is 0.878. The summed E-state index contributed by atoms with van der Waals surface area (Å²) in [5, 5.41) is 0. The molecule has 1 aromatic carbocycles. The van der Waals surface area contributed by atoms with Gasteiger partial charge in [0.1, 0.15) is 0 Å². The maximum absolute atomic E-state index is 6.29. The molecule has 0 spiro atoms. The van der Waals surface area contributed by atoms with Gasteiger partial charge in [-0.3, -0.25) is 0 Å². The van der Waals surface area contributed by atoms with Crippen LogP contribution in [0.3, 0.4) is 0 Å². The maximum Gasteiger partial charge on any atom is 0.161 e. The fourth-order valence-electron chi connectivity index (χ4n) is 2.10. The molecule has 0 radical (unpaired) electrons. The Hall–Kier alpha value is -2.01. The van der Waals surface area contributed by atoms with E-state index in [0.717, 1.165) is 22.8 Å². The van der Waals surface area contributed by atoms with E-state index in [-0.39, 0.29) is 6.04 Å². The number of aryl methyl sites for hydroxylation is 1. The molecule has 0 amide bonds. The fraction of sp³-hybridized carbons (Fsp3) is 0.400. The number of aromatic nitrogens is 2. The standard InChI is InChI=1S/C15H21N3O2/c1-4-19-13-7-6-11(8-14(13)20-5-2)15(16)12-9-17-10-18(12)3/h6-10,15H,4-5,16H2,1-3H3. The normalized spacial score (nSPS) is 12.2. The van der Waals surface area contributed by atoms with Gasteiger partial charge < -0.3 is 19.8 Å². The molecule has 5 nitrogen and oxygen atoms in total. The second kappa shape index (κ2) is 6.43. The average Bonchev–Trinajstić information content (AvgIpc) is 2.86. The highest BCUT2D eigenvalue weighted by Gasteiger charge is 2.15. The molecule has 2 rings (SSSR count). The van der Waals surface area contributed by atoms with Crippen LogP contribution in [0.4, 0.5) is 0 Å². The first-order valence-corrected chi connectivity index (χ1v) is 6.78. The van der Waals surface area contributed by atoms with Gasteiger partial charge in [0, 0.05) is 7.05 Å². The van der Waals surface area contributed by atoms with E-state index in [1.807, 2.05) is 43.7 Å². The number of hydrogen-bond donors (Lipinski definition) is 1. The van der Waals surface area contributed by atoms with Crippen molar-refractivity contribution in [3.05, 3.63) is 42.0 Å². The first kappa shape index (κ1) is 14.4. The number of rotatable bonds is 6. The number of ether oxygens (including phenoxy) is 2. The van der Waals surface area contributed by atoms with Crippen molar-refractivity contribution < 1.29 is 9.47 Å². The number of benzene rings is 1. The third kappa shape index (κ3) is 2.93. The first-order chi connectivity index (χ1) is 9.67. The maximum atomic E-state index is 6.29. The smallest absolute Gasteiger partial charge is 0.161 e. The molecule has 0 aliphatic heterocycles. The third-order valence-electron chi connectivity index (χ3n) is 3.10. The topological polar surface area (TPSA) is 62.3 Å². The molecule has 0 aliphatic rings. The summed E-state index contributed by atoms with van der Waals surface area (Å²) in [6.07, 6.45) is 3.52. The van der Waals surface area contributed by atoms with Crippen molar-refractivity contribution in [1.29, 1.82) is 0 Å². The molecule has 2 aromatic rings. The summed E-state index contributed by atoms with van der Waals surface area (Å²) >= 11 is 0. The van der Waals surface area contributed by atoms with Crippen LogP contribution in [0, 0.1) is 0 Å². The molecule has 5 heteroatoms. The van der Waals surface area contributed by atoms with Crippen LogP contribution in [0.2, 0.25) is 0 Å². The largest absolute Gasteiger partial charge is 0.490 e. The predicted octanol–water partition coefficient (Wildman–Crippen LogP) is 2.27. The lowest BCUT2D eigenvalue weighted by Crippen LogP contribution is -2.15. The monoisotopic (exact) mass is 275 g/mol. The number of imidazole rings is 1. The zero-order valence-corrected chi connectivity index (χ0v) is 12.2. The van der Waals surface area contributed by atoms with Crippen molar-refractivity contribution in [2.45, 2.75) is 19.9 Å². The minimum absolute atomic E-state index is 0.239. The van der Waals surface area contributed by atoms with Crippen LogP contribution in [0.15, 0.2) is 30.7 Å². The Kier molecular flexibility index (Phi) is 4.63. The van der Waals surface area contributed by atoms with Gasteiger partial charge in [-0.2, -0.15) is 0 Å². The Labute approximate surface area is 119 Å². The van der Waals surface area contributed by atoms with Crippen LogP contribution < -0.4 is 15.2 Å². The SMILES string of the molecule is CCOc1ccc(C(N)c2cncn2C)cc1OCC. The van der Waals surface area contributed by atoms with Crippen molar-refractivity contribution in [2.75, 3.05) is 13.2 Å². The van der Waals surface area contributed by atoms with E-state index in [2.05, 4.69) is 4.98 Å². The molecule has 1 aromatic heterocycles. The Bertz CT molecular complexity index is 566. The summed E-state index contributed by atoms with van der Waals surface area (Å²) in [5.74, 6) is 1.47. The Morgan fingerprint density at radius 2 is 1.90 bits per heavy atom.